The highest BCUT2D eigenvalue weighted by molar-refractivity contribution is 7.99. The number of nitrogens with two attached hydrogens (primary N) is 1. The number of hydrogen-bond donors (Lipinski definition) is 1. The number of nitrogen functional groups attached to an aromatic ring is 1. The molecule has 1 aromatic carbocycles. The van der Waals surface area contributed by atoms with Crippen LogP contribution < -0.4 is 5.73 Å². The van der Waals surface area contributed by atoms with Crippen LogP contribution in [0.25, 0.3) is 0 Å². The molecule has 0 aliphatic rings. The Bertz CT molecular complexity index is 576. The van der Waals surface area contributed by atoms with Gasteiger partial charge in [0.15, 0.2) is 0 Å². The summed E-state index contributed by atoms with van der Waals surface area (Å²) in [7, 11) is 0. The van der Waals surface area contributed by atoms with E-state index in [0.29, 0.717) is 0 Å². The van der Waals surface area contributed by atoms with Crippen molar-refractivity contribution < 1.29 is 0 Å². The lowest BCUT2D eigenvalue weighted by molar-refractivity contribution is 1.05. The number of benzene rings is 1. The van der Waals surface area contributed by atoms with Crippen LogP contribution in [0.4, 0.5) is 5.69 Å². The summed E-state index contributed by atoms with van der Waals surface area (Å²) in [5.74, 6) is 0. The third kappa shape index (κ3) is 2.79. The van der Waals surface area contributed by atoms with Gasteiger partial charge >= 0.3 is 0 Å². The Labute approximate surface area is 117 Å². The van der Waals surface area contributed by atoms with Gasteiger partial charge in [-0.15, -0.1) is 0 Å². The van der Waals surface area contributed by atoms with E-state index in [9.17, 15) is 0 Å². The zero-order valence-electron chi connectivity index (χ0n) is 10.6. The first-order valence-electron chi connectivity index (χ1n) is 5.65. The van der Waals surface area contributed by atoms with Crippen LogP contribution in [0.2, 0.25) is 5.02 Å². The number of aromatic nitrogens is 1. The van der Waals surface area contributed by atoms with E-state index in [1.807, 2.05) is 26.0 Å². The second-order valence-electron chi connectivity index (χ2n) is 4.32. The molecular weight excluding hydrogens is 264 g/mol. The molecule has 94 valence electrons. The van der Waals surface area contributed by atoms with Crippen LogP contribution >= 0.6 is 23.4 Å². The molecule has 1 heterocycles. The maximum atomic E-state index is 6.13. The summed E-state index contributed by atoms with van der Waals surface area (Å²) in [6, 6.07) is 7.77. The van der Waals surface area contributed by atoms with E-state index in [2.05, 4.69) is 24.0 Å². The van der Waals surface area contributed by atoms with Gasteiger partial charge in [-0.05, 0) is 56.2 Å². The van der Waals surface area contributed by atoms with E-state index < -0.39 is 0 Å². The molecule has 4 heteroatoms. The second-order valence-corrected chi connectivity index (χ2v) is 5.75. The number of aryl methyl sites for hydroxylation is 2. The predicted octanol–water partition coefficient (Wildman–Crippen LogP) is 4.39. The van der Waals surface area contributed by atoms with Crippen LogP contribution in [-0.2, 0) is 0 Å². The molecule has 0 saturated carbocycles. The van der Waals surface area contributed by atoms with E-state index in [0.717, 1.165) is 31.9 Å². The fraction of sp³-hybridized carbons (Fsp3) is 0.214. The molecule has 1 aromatic heterocycles. The first-order chi connectivity index (χ1) is 8.47. The van der Waals surface area contributed by atoms with Crippen molar-refractivity contribution in [2.24, 2.45) is 0 Å². The Kier molecular flexibility index (Phi) is 3.83. The van der Waals surface area contributed by atoms with Crippen LogP contribution in [0.3, 0.4) is 0 Å². The Morgan fingerprint density at radius 1 is 1.17 bits per heavy atom. The number of halogens is 1. The fourth-order valence-electron chi connectivity index (χ4n) is 1.79. The molecule has 0 atom stereocenters. The topological polar surface area (TPSA) is 38.9 Å². The van der Waals surface area contributed by atoms with Gasteiger partial charge in [-0.1, -0.05) is 23.4 Å². The third-order valence-electron chi connectivity index (χ3n) is 2.65. The Morgan fingerprint density at radius 2 is 1.89 bits per heavy atom. The van der Waals surface area contributed by atoms with Crippen LogP contribution in [0.1, 0.15) is 16.8 Å². The molecule has 2 N–H and O–H groups in total. The van der Waals surface area contributed by atoms with Crippen molar-refractivity contribution in [1.29, 1.82) is 0 Å². The van der Waals surface area contributed by atoms with Gasteiger partial charge in [-0.2, -0.15) is 0 Å². The average Bonchev–Trinajstić information content (AvgIpc) is 2.28. The van der Waals surface area contributed by atoms with Gasteiger partial charge in [0.05, 0.1) is 0 Å². The van der Waals surface area contributed by atoms with Gasteiger partial charge in [-0.3, -0.25) is 0 Å². The van der Waals surface area contributed by atoms with Gasteiger partial charge in [0.1, 0.15) is 5.03 Å². The maximum absolute atomic E-state index is 6.13. The van der Waals surface area contributed by atoms with E-state index in [4.69, 9.17) is 17.3 Å². The number of pyridine rings is 1. The molecule has 0 unspecified atom stereocenters. The average molecular weight is 279 g/mol. The molecule has 0 aliphatic carbocycles. The van der Waals surface area contributed by atoms with E-state index in [1.54, 1.807) is 11.8 Å². The molecule has 2 rings (SSSR count). The molecule has 0 bridgehead atoms. The standard InChI is InChI=1S/C14H15ClN2S/c1-8-6-9(2)17-13(7-8)18-14-10(3)11(15)4-5-12(14)16/h4-7H,16H2,1-3H3. The lowest BCUT2D eigenvalue weighted by Crippen LogP contribution is -1.93. The maximum Gasteiger partial charge on any atom is 0.101 e. The molecule has 2 aromatic rings. The molecule has 0 aliphatic heterocycles. The SMILES string of the molecule is Cc1cc(C)nc(Sc2c(N)ccc(Cl)c2C)c1. The Morgan fingerprint density at radius 3 is 2.56 bits per heavy atom. The van der Waals surface area contributed by atoms with Crippen LogP contribution in [0.5, 0.6) is 0 Å². The van der Waals surface area contributed by atoms with Crippen molar-refractivity contribution >= 4 is 29.1 Å². The minimum atomic E-state index is 0.732. The molecule has 0 amide bonds. The van der Waals surface area contributed by atoms with Crippen LogP contribution in [0, 0.1) is 20.8 Å². The number of hydrogen-bond acceptors (Lipinski definition) is 3. The molecular formula is C14H15ClN2S. The Hall–Kier alpha value is -1.19. The summed E-state index contributed by atoms with van der Waals surface area (Å²) in [5.41, 5.74) is 9.96. The van der Waals surface area contributed by atoms with Gasteiger partial charge in [-0.25, -0.2) is 4.98 Å². The molecule has 0 spiro atoms. The summed E-state index contributed by atoms with van der Waals surface area (Å²) in [4.78, 5) is 5.49. The molecule has 0 fully saturated rings. The van der Waals surface area contributed by atoms with Crippen molar-refractivity contribution in [3.63, 3.8) is 0 Å². The quantitative estimate of drug-likeness (QED) is 0.828. The van der Waals surface area contributed by atoms with Crippen molar-refractivity contribution in [3.8, 4) is 0 Å². The first kappa shape index (κ1) is 13.2. The summed E-state index contributed by atoms with van der Waals surface area (Å²) >= 11 is 7.69. The molecule has 0 saturated heterocycles. The van der Waals surface area contributed by atoms with Gasteiger partial charge in [0.25, 0.3) is 0 Å². The van der Waals surface area contributed by atoms with Gasteiger partial charge in [0.2, 0.25) is 0 Å². The molecule has 18 heavy (non-hydrogen) atoms. The van der Waals surface area contributed by atoms with Crippen molar-refractivity contribution in [3.05, 3.63) is 46.1 Å². The highest BCUT2D eigenvalue weighted by Gasteiger charge is 2.10. The fourth-order valence-corrected chi connectivity index (χ4v) is 3.09. The first-order valence-corrected chi connectivity index (χ1v) is 6.84. The highest BCUT2D eigenvalue weighted by Crippen LogP contribution is 2.37. The minimum absolute atomic E-state index is 0.732. The Balaban J connectivity index is 2.42. The number of nitrogens with zero attached hydrogens (tertiary/aromatic N) is 1. The summed E-state index contributed by atoms with van der Waals surface area (Å²) in [6.45, 7) is 6.03. The summed E-state index contributed by atoms with van der Waals surface area (Å²) < 4.78 is 0. The van der Waals surface area contributed by atoms with Crippen molar-refractivity contribution in [2.75, 3.05) is 5.73 Å². The van der Waals surface area contributed by atoms with E-state index >= 15 is 0 Å². The van der Waals surface area contributed by atoms with Crippen molar-refractivity contribution in [2.45, 2.75) is 30.7 Å². The van der Waals surface area contributed by atoms with Crippen LogP contribution in [0.15, 0.2) is 34.2 Å². The van der Waals surface area contributed by atoms with E-state index in [-0.39, 0.29) is 0 Å². The third-order valence-corrected chi connectivity index (χ3v) is 4.22. The molecule has 2 nitrogen and oxygen atoms in total. The predicted molar refractivity (Wildman–Crippen MR) is 78.4 cm³/mol. The number of anilines is 1. The lowest BCUT2D eigenvalue weighted by atomic mass is 10.2. The molecule has 0 radical (unpaired) electrons. The number of rotatable bonds is 2. The zero-order valence-corrected chi connectivity index (χ0v) is 12.2. The summed E-state index contributed by atoms with van der Waals surface area (Å²) in [6.07, 6.45) is 0. The lowest BCUT2D eigenvalue weighted by Gasteiger charge is -2.10. The zero-order chi connectivity index (χ0) is 13.3. The van der Waals surface area contributed by atoms with E-state index in [1.165, 1.54) is 5.56 Å². The monoisotopic (exact) mass is 278 g/mol. The highest BCUT2D eigenvalue weighted by atomic mass is 35.5. The van der Waals surface area contributed by atoms with Crippen LogP contribution in [-0.4, -0.2) is 4.98 Å². The van der Waals surface area contributed by atoms with Gasteiger partial charge < -0.3 is 5.73 Å². The normalized spacial score (nSPS) is 10.7. The summed E-state index contributed by atoms with van der Waals surface area (Å²) in [5, 5.41) is 1.68. The smallest absolute Gasteiger partial charge is 0.101 e. The minimum Gasteiger partial charge on any atom is -0.398 e. The van der Waals surface area contributed by atoms with Crippen molar-refractivity contribution in [1.82, 2.24) is 4.98 Å². The second kappa shape index (κ2) is 5.21. The van der Waals surface area contributed by atoms with Gasteiger partial charge in [0, 0.05) is 21.3 Å². The largest absolute Gasteiger partial charge is 0.398 e.